The Morgan fingerprint density at radius 3 is 2.85 bits per heavy atom. The molecule has 0 bridgehead atoms. The van der Waals surface area contributed by atoms with E-state index in [0.29, 0.717) is 48.6 Å². The fraction of sp³-hybridized carbons (Fsp3) is 0.600. The van der Waals surface area contributed by atoms with Crippen LogP contribution in [0.2, 0.25) is 0 Å². The quantitative estimate of drug-likeness (QED) is 0.555. The second kappa shape index (κ2) is 9.23. The molecule has 0 radical (unpaired) electrons. The van der Waals surface area contributed by atoms with Crippen molar-refractivity contribution in [3.8, 4) is 18.1 Å². The minimum atomic E-state index is -1.93. The first kappa shape index (κ1) is 26.4. The van der Waals surface area contributed by atoms with Crippen molar-refractivity contribution in [2.75, 3.05) is 43.4 Å². The maximum absolute atomic E-state index is 14.7. The second-order valence-corrected chi connectivity index (χ2v) is 12.6. The third-order valence-corrected chi connectivity index (χ3v) is 9.96. The normalized spacial score (nSPS) is 31.5. The van der Waals surface area contributed by atoms with E-state index < -0.39 is 17.4 Å². The van der Waals surface area contributed by atoms with Crippen LogP contribution in [0.1, 0.15) is 72.9 Å². The van der Waals surface area contributed by atoms with Gasteiger partial charge in [-0.1, -0.05) is 13.0 Å². The lowest BCUT2D eigenvalue weighted by molar-refractivity contribution is -0.0874. The van der Waals surface area contributed by atoms with Gasteiger partial charge in [-0.3, -0.25) is 4.90 Å². The molecule has 5 heterocycles. The zero-order valence-corrected chi connectivity index (χ0v) is 23.1. The van der Waals surface area contributed by atoms with E-state index in [4.69, 9.17) is 20.2 Å². The molecule has 0 amide bonds. The number of alkyl halides is 2. The van der Waals surface area contributed by atoms with Crippen LogP contribution < -0.4 is 15.4 Å². The van der Waals surface area contributed by atoms with Gasteiger partial charge in [0.2, 0.25) is 5.67 Å². The Morgan fingerprint density at radius 1 is 1.24 bits per heavy atom. The Hall–Kier alpha value is -3.54. The molecule has 1 aliphatic carbocycles. The lowest BCUT2D eigenvalue weighted by Gasteiger charge is -2.46. The standard InChI is InChI=1S/C30H33F2N7O2/c1-18-5-7-30(25-20(18)3-4-23(35)21(25)11-33)10-24-22(13-41-30)26(38-15-28(32,14-34)16-38)37-27(36-24)40-17-29-6-2-8-39(29)12-19(31)9-29/h3-4,18-19H,2,5-10,12-13,15-17,35H2,1H3. The number of aromatic nitrogens is 2. The van der Waals surface area contributed by atoms with Crippen molar-refractivity contribution >= 4 is 11.5 Å². The van der Waals surface area contributed by atoms with Crippen LogP contribution >= 0.6 is 0 Å². The van der Waals surface area contributed by atoms with Crippen LogP contribution in [0.5, 0.6) is 6.01 Å². The maximum Gasteiger partial charge on any atom is 0.318 e. The van der Waals surface area contributed by atoms with Crippen molar-refractivity contribution in [3.63, 3.8) is 0 Å². The summed E-state index contributed by atoms with van der Waals surface area (Å²) in [6.45, 7) is 3.65. The SMILES string of the molecule is CC1CCC2(Cc3nc(OCC45CCCN4CC(F)C5)nc(N4CC(F)(C#N)C4)c3CO2)c2c1ccc(N)c2C#N. The molecule has 2 N–H and O–H groups in total. The number of nitrogen functional groups attached to an aromatic ring is 1. The summed E-state index contributed by atoms with van der Waals surface area (Å²) in [5, 5.41) is 19.3. The van der Waals surface area contributed by atoms with Crippen molar-refractivity contribution in [2.45, 2.75) is 81.0 Å². The van der Waals surface area contributed by atoms with Crippen LogP contribution in [0, 0.1) is 22.7 Å². The summed E-state index contributed by atoms with van der Waals surface area (Å²) in [4.78, 5) is 13.4. The molecule has 41 heavy (non-hydrogen) atoms. The van der Waals surface area contributed by atoms with Crippen LogP contribution in [-0.2, 0) is 23.4 Å². The summed E-state index contributed by atoms with van der Waals surface area (Å²) in [7, 11) is 0. The van der Waals surface area contributed by atoms with Gasteiger partial charge in [0.1, 0.15) is 36.3 Å². The van der Waals surface area contributed by atoms with Gasteiger partial charge >= 0.3 is 6.01 Å². The maximum atomic E-state index is 14.7. The lowest BCUT2D eigenvalue weighted by Crippen LogP contribution is -2.59. The number of benzene rings is 1. The molecule has 1 aromatic carbocycles. The molecule has 5 aliphatic rings. The third kappa shape index (κ3) is 4.04. The number of anilines is 2. The minimum absolute atomic E-state index is 0.103. The number of nitriles is 2. The van der Waals surface area contributed by atoms with Crippen LogP contribution in [0.3, 0.4) is 0 Å². The molecule has 2 aromatic rings. The Bertz CT molecular complexity index is 1500. The van der Waals surface area contributed by atoms with E-state index in [9.17, 15) is 19.3 Å². The average Bonchev–Trinajstić information content (AvgIpc) is 3.47. The number of hydrogen-bond donors (Lipinski definition) is 1. The first-order valence-electron chi connectivity index (χ1n) is 14.4. The molecule has 0 saturated carbocycles. The van der Waals surface area contributed by atoms with E-state index in [1.165, 1.54) is 0 Å². The molecule has 1 spiro atoms. The number of nitrogens with zero attached hydrogens (tertiary/aromatic N) is 6. The van der Waals surface area contributed by atoms with Gasteiger partial charge in [-0.05, 0) is 49.8 Å². The molecule has 4 unspecified atom stereocenters. The molecule has 4 atom stereocenters. The highest BCUT2D eigenvalue weighted by molar-refractivity contribution is 5.64. The molecule has 214 valence electrons. The minimum Gasteiger partial charge on any atom is -0.461 e. The summed E-state index contributed by atoms with van der Waals surface area (Å²) in [6.07, 6.45) is 3.34. The van der Waals surface area contributed by atoms with Gasteiger partial charge in [-0.25, -0.2) is 8.78 Å². The number of fused-ring (bicyclic) bond motifs is 4. The summed E-state index contributed by atoms with van der Waals surface area (Å²) >= 11 is 0. The number of nitrogens with two attached hydrogens (primary N) is 1. The van der Waals surface area contributed by atoms with Crippen molar-refractivity contribution in [1.29, 1.82) is 10.5 Å². The van der Waals surface area contributed by atoms with E-state index in [2.05, 4.69) is 22.9 Å². The Balaban J connectivity index is 1.27. The summed E-state index contributed by atoms with van der Waals surface area (Å²) in [5.74, 6) is 0.744. The fourth-order valence-corrected chi connectivity index (χ4v) is 7.78. The van der Waals surface area contributed by atoms with E-state index in [1.807, 2.05) is 6.07 Å². The predicted molar refractivity (Wildman–Crippen MR) is 146 cm³/mol. The summed E-state index contributed by atoms with van der Waals surface area (Å²) in [6, 6.07) is 7.99. The highest BCUT2D eigenvalue weighted by Gasteiger charge is 2.51. The van der Waals surface area contributed by atoms with Gasteiger partial charge in [-0.2, -0.15) is 20.5 Å². The molecule has 9 nitrogen and oxygen atoms in total. The highest BCUT2D eigenvalue weighted by atomic mass is 19.1. The molecule has 7 rings (SSSR count). The van der Waals surface area contributed by atoms with Crippen LogP contribution in [0.15, 0.2) is 12.1 Å². The molecule has 11 heteroatoms. The van der Waals surface area contributed by atoms with Gasteiger partial charge in [-0.15, -0.1) is 0 Å². The number of rotatable bonds is 4. The van der Waals surface area contributed by atoms with Gasteiger partial charge < -0.3 is 20.1 Å². The summed E-state index contributed by atoms with van der Waals surface area (Å²) in [5.41, 5.74) is 7.34. The number of hydrogen-bond acceptors (Lipinski definition) is 9. The van der Waals surface area contributed by atoms with Crippen molar-refractivity contribution in [2.24, 2.45) is 0 Å². The fourth-order valence-electron chi connectivity index (χ4n) is 7.78. The Labute approximate surface area is 237 Å². The van der Waals surface area contributed by atoms with Gasteiger partial charge in [0.25, 0.3) is 0 Å². The molecule has 1 aromatic heterocycles. The Morgan fingerprint density at radius 2 is 2.07 bits per heavy atom. The molecule has 3 fully saturated rings. The molecule has 3 saturated heterocycles. The lowest BCUT2D eigenvalue weighted by atomic mass is 9.69. The van der Waals surface area contributed by atoms with Crippen LogP contribution in [0.4, 0.5) is 20.3 Å². The largest absolute Gasteiger partial charge is 0.461 e. The smallest absolute Gasteiger partial charge is 0.318 e. The van der Waals surface area contributed by atoms with Gasteiger partial charge in [0.15, 0.2) is 0 Å². The van der Waals surface area contributed by atoms with Crippen LogP contribution in [-0.4, -0.2) is 65.0 Å². The zero-order valence-electron chi connectivity index (χ0n) is 23.1. The van der Waals surface area contributed by atoms with Crippen LogP contribution in [0.25, 0.3) is 0 Å². The topological polar surface area (TPSA) is 124 Å². The van der Waals surface area contributed by atoms with E-state index in [-0.39, 0.29) is 43.8 Å². The molecular formula is C30H33F2N7O2. The van der Waals surface area contributed by atoms with Crippen molar-refractivity contribution in [3.05, 3.63) is 40.1 Å². The highest BCUT2D eigenvalue weighted by Crippen LogP contribution is 2.51. The van der Waals surface area contributed by atoms with E-state index in [1.54, 1.807) is 17.0 Å². The predicted octanol–water partition coefficient (Wildman–Crippen LogP) is 3.80. The van der Waals surface area contributed by atoms with E-state index >= 15 is 0 Å². The second-order valence-electron chi connectivity index (χ2n) is 12.6. The molecular weight excluding hydrogens is 528 g/mol. The Kier molecular flexibility index (Phi) is 5.94. The van der Waals surface area contributed by atoms with Gasteiger partial charge in [0, 0.05) is 36.2 Å². The first-order chi connectivity index (χ1) is 19.7. The zero-order chi connectivity index (χ0) is 28.6. The van der Waals surface area contributed by atoms with Crippen molar-refractivity contribution < 1.29 is 18.3 Å². The first-order valence-corrected chi connectivity index (χ1v) is 14.4. The summed E-state index contributed by atoms with van der Waals surface area (Å²) < 4.78 is 41.9. The van der Waals surface area contributed by atoms with Gasteiger partial charge in [0.05, 0.1) is 36.5 Å². The number of ether oxygens (including phenoxy) is 2. The number of halogens is 2. The monoisotopic (exact) mass is 561 g/mol. The van der Waals surface area contributed by atoms with Crippen molar-refractivity contribution in [1.82, 2.24) is 14.9 Å². The van der Waals surface area contributed by atoms with E-state index in [0.717, 1.165) is 42.5 Å². The molecule has 4 aliphatic heterocycles. The third-order valence-electron chi connectivity index (χ3n) is 9.96. The average molecular weight is 562 g/mol.